The molecule has 0 spiro atoms. The van der Waals surface area contributed by atoms with Crippen molar-refractivity contribution in [2.75, 3.05) is 7.11 Å². The summed E-state index contributed by atoms with van der Waals surface area (Å²) < 4.78 is 6.25. The number of halogens is 1. The van der Waals surface area contributed by atoms with Gasteiger partial charge in [-0.1, -0.05) is 86.8 Å². The number of nitrogens with two attached hydrogens (primary N) is 1. The predicted molar refractivity (Wildman–Crippen MR) is 107 cm³/mol. The standard InChI is InChI=1S/C22H29NO.ClH/c1-17(21(23)16-18-10-9-11-18)22(24-2,19-12-5-3-6-13-19)20-14-7-4-8-15-20;/h3-8,12-15,17-18,21H,9-11,16,23H2,1-2H3;1H. The summed E-state index contributed by atoms with van der Waals surface area (Å²) in [6.45, 7) is 2.24. The van der Waals surface area contributed by atoms with E-state index >= 15 is 0 Å². The minimum atomic E-state index is -0.508. The fourth-order valence-electron chi connectivity index (χ4n) is 4.10. The molecule has 0 aliphatic heterocycles. The molecule has 0 radical (unpaired) electrons. The highest BCUT2D eigenvalue weighted by Gasteiger charge is 2.43. The van der Waals surface area contributed by atoms with Gasteiger partial charge in [-0.25, -0.2) is 0 Å². The van der Waals surface area contributed by atoms with Crippen molar-refractivity contribution in [2.45, 2.75) is 44.2 Å². The molecule has 3 rings (SSSR count). The van der Waals surface area contributed by atoms with E-state index in [4.69, 9.17) is 10.5 Å². The average molecular weight is 360 g/mol. The maximum Gasteiger partial charge on any atom is 0.122 e. The minimum Gasteiger partial charge on any atom is -0.368 e. The van der Waals surface area contributed by atoms with E-state index in [9.17, 15) is 0 Å². The Morgan fingerprint density at radius 2 is 1.48 bits per heavy atom. The van der Waals surface area contributed by atoms with Crippen molar-refractivity contribution in [3.8, 4) is 0 Å². The number of hydrogen-bond donors (Lipinski definition) is 1. The molecule has 2 aromatic rings. The van der Waals surface area contributed by atoms with Crippen LogP contribution in [0.2, 0.25) is 0 Å². The van der Waals surface area contributed by atoms with Crippen molar-refractivity contribution in [3.05, 3.63) is 71.8 Å². The quantitative estimate of drug-likeness (QED) is 0.741. The first kappa shape index (κ1) is 20.0. The lowest BCUT2D eigenvalue weighted by molar-refractivity contribution is -0.0354. The van der Waals surface area contributed by atoms with Gasteiger partial charge < -0.3 is 10.5 Å². The molecule has 2 atom stereocenters. The SMILES string of the molecule is COC(c1ccccc1)(c1ccccc1)C(C)C(N)CC1CCC1.Cl. The van der Waals surface area contributed by atoms with E-state index in [-0.39, 0.29) is 24.4 Å². The second-order valence-corrected chi connectivity index (χ2v) is 7.16. The summed E-state index contributed by atoms with van der Waals surface area (Å²) >= 11 is 0. The van der Waals surface area contributed by atoms with Gasteiger partial charge in [0, 0.05) is 19.1 Å². The third kappa shape index (κ3) is 3.92. The Hall–Kier alpha value is -1.35. The van der Waals surface area contributed by atoms with Gasteiger partial charge in [-0.2, -0.15) is 0 Å². The molecule has 25 heavy (non-hydrogen) atoms. The lowest BCUT2D eigenvalue weighted by Crippen LogP contribution is -2.47. The van der Waals surface area contributed by atoms with Crippen LogP contribution in [0.4, 0.5) is 0 Å². The maximum atomic E-state index is 6.68. The topological polar surface area (TPSA) is 35.2 Å². The molecule has 0 amide bonds. The van der Waals surface area contributed by atoms with Crippen molar-refractivity contribution < 1.29 is 4.74 Å². The van der Waals surface area contributed by atoms with E-state index in [0.29, 0.717) is 0 Å². The van der Waals surface area contributed by atoms with E-state index in [0.717, 1.165) is 12.3 Å². The fraction of sp³-hybridized carbons (Fsp3) is 0.455. The molecule has 136 valence electrons. The first-order valence-electron chi connectivity index (χ1n) is 9.10. The molecule has 1 aliphatic rings. The summed E-state index contributed by atoms with van der Waals surface area (Å²) in [5.41, 5.74) is 8.53. The molecule has 2 nitrogen and oxygen atoms in total. The molecule has 2 unspecified atom stereocenters. The molecule has 1 fully saturated rings. The number of rotatable bonds is 7. The van der Waals surface area contributed by atoms with E-state index in [1.54, 1.807) is 0 Å². The van der Waals surface area contributed by atoms with Crippen LogP contribution in [-0.2, 0) is 10.3 Å². The lowest BCUT2D eigenvalue weighted by Gasteiger charge is -2.43. The second-order valence-electron chi connectivity index (χ2n) is 7.16. The van der Waals surface area contributed by atoms with Crippen LogP contribution in [-0.4, -0.2) is 13.2 Å². The summed E-state index contributed by atoms with van der Waals surface area (Å²) in [6, 6.07) is 21.2. The van der Waals surface area contributed by atoms with Gasteiger partial charge in [0.2, 0.25) is 0 Å². The highest BCUT2D eigenvalue weighted by molar-refractivity contribution is 5.85. The van der Waals surface area contributed by atoms with Crippen LogP contribution in [0.5, 0.6) is 0 Å². The minimum absolute atomic E-state index is 0. The van der Waals surface area contributed by atoms with Crippen molar-refractivity contribution in [1.82, 2.24) is 0 Å². The van der Waals surface area contributed by atoms with E-state index in [2.05, 4.69) is 55.5 Å². The van der Waals surface area contributed by atoms with Gasteiger partial charge in [0.15, 0.2) is 0 Å². The normalized spacial score (nSPS) is 17.2. The number of methoxy groups -OCH3 is 1. The van der Waals surface area contributed by atoms with Crippen molar-refractivity contribution in [2.24, 2.45) is 17.6 Å². The molecule has 2 N–H and O–H groups in total. The zero-order valence-corrected chi connectivity index (χ0v) is 16.0. The molecular weight excluding hydrogens is 330 g/mol. The maximum absolute atomic E-state index is 6.68. The van der Waals surface area contributed by atoms with Gasteiger partial charge in [0.1, 0.15) is 5.60 Å². The van der Waals surface area contributed by atoms with Crippen LogP contribution in [0, 0.1) is 11.8 Å². The third-order valence-electron chi connectivity index (χ3n) is 5.84. The number of hydrogen-bond acceptors (Lipinski definition) is 2. The van der Waals surface area contributed by atoms with E-state index in [1.807, 2.05) is 19.2 Å². The van der Waals surface area contributed by atoms with Gasteiger partial charge in [0.05, 0.1) is 0 Å². The Morgan fingerprint density at radius 1 is 1.00 bits per heavy atom. The first-order chi connectivity index (χ1) is 11.7. The van der Waals surface area contributed by atoms with Gasteiger partial charge >= 0.3 is 0 Å². The predicted octanol–water partition coefficient (Wildman–Crippen LogP) is 5.15. The fourth-order valence-corrected chi connectivity index (χ4v) is 4.10. The van der Waals surface area contributed by atoms with Crippen LogP contribution < -0.4 is 5.73 Å². The van der Waals surface area contributed by atoms with E-state index in [1.165, 1.54) is 30.4 Å². The molecule has 0 aromatic heterocycles. The summed E-state index contributed by atoms with van der Waals surface area (Å²) in [5, 5.41) is 0. The van der Waals surface area contributed by atoms with Gasteiger partial charge in [-0.05, 0) is 23.5 Å². The van der Waals surface area contributed by atoms with Gasteiger partial charge in [0.25, 0.3) is 0 Å². The molecule has 0 saturated heterocycles. The smallest absolute Gasteiger partial charge is 0.122 e. The van der Waals surface area contributed by atoms with Crippen LogP contribution in [0.25, 0.3) is 0 Å². The zero-order chi connectivity index (χ0) is 17.0. The third-order valence-corrected chi connectivity index (χ3v) is 5.84. The lowest BCUT2D eigenvalue weighted by atomic mass is 9.70. The van der Waals surface area contributed by atoms with Crippen LogP contribution in [0.3, 0.4) is 0 Å². The number of benzene rings is 2. The summed E-state index contributed by atoms with van der Waals surface area (Å²) in [7, 11) is 1.81. The Bertz CT molecular complexity index is 587. The van der Waals surface area contributed by atoms with Crippen molar-refractivity contribution in [1.29, 1.82) is 0 Å². The summed E-state index contributed by atoms with van der Waals surface area (Å²) in [6.07, 6.45) is 5.11. The van der Waals surface area contributed by atoms with Crippen molar-refractivity contribution >= 4 is 12.4 Å². The molecule has 3 heteroatoms. The number of ether oxygens (including phenoxy) is 1. The Balaban J connectivity index is 0.00000225. The molecule has 2 aromatic carbocycles. The molecule has 0 bridgehead atoms. The van der Waals surface area contributed by atoms with Crippen molar-refractivity contribution in [3.63, 3.8) is 0 Å². The first-order valence-corrected chi connectivity index (χ1v) is 9.10. The molecule has 1 aliphatic carbocycles. The zero-order valence-electron chi connectivity index (χ0n) is 15.2. The van der Waals surface area contributed by atoms with Gasteiger partial charge in [-0.15, -0.1) is 12.4 Å². The molecular formula is C22H30ClNO. The largest absolute Gasteiger partial charge is 0.368 e. The highest BCUT2D eigenvalue weighted by atomic mass is 35.5. The molecule has 0 heterocycles. The Morgan fingerprint density at radius 3 is 1.84 bits per heavy atom. The average Bonchev–Trinajstić information content (AvgIpc) is 2.61. The highest BCUT2D eigenvalue weighted by Crippen LogP contribution is 2.43. The van der Waals surface area contributed by atoms with Crippen LogP contribution in [0.15, 0.2) is 60.7 Å². The summed E-state index contributed by atoms with van der Waals surface area (Å²) in [4.78, 5) is 0. The Labute approximate surface area is 158 Å². The van der Waals surface area contributed by atoms with Crippen LogP contribution in [0.1, 0.15) is 43.7 Å². The summed E-state index contributed by atoms with van der Waals surface area (Å²) in [5.74, 6) is 0.983. The van der Waals surface area contributed by atoms with Crippen LogP contribution >= 0.6 is 12.4 Å². The van der Waals surface area contributed by atoms with E-state index < -0.39 is 5.60 Å². The monoisotopic (exact) mass is 359 g/mol. The Kier molecular flexibility index (Phi) is 7.06. The second kappa shape index (κ2) is 8.84. The van der Waals surface area contributed by atoms with Gasteiger partial charge in [-0.3, -0.25) is 0 Å². The molecule has 1 saturated carbocycles.